The molecule has 2 rings (SSSR count). The molecule has 0 radical (unpaired) electrons. The summed E-state index contributed by atoms with van der Waals surface area (Å²) in [6, 6.07) is 10.3. The van der Waals surface area contributed by atoms with Crippen molar-refractivity contribution in [2.75, 3.05) is 19.8 Å². The quantitative estimate of drug-likeness (QED) is 0.799. The molecule has 1 atom stereocenters. The minimum atomic E-state index is -3.29. The summed E-state index contributed by atoms with van der Waals surface area (Å²) in [5.41, 5.74) is 0.848. The van der Waals surface area contributed by atoms with E-state index in [2.05, 4.69) is 29.1 Å². The van der Waals surface area contributed by atoms with Gasteiger partial charge < -0.3 is 10.1 Å². The van der Waals surface area contributed by atoms with Crippen LogP contribution < -0.4 is 10.0 Å². The normalized spacial score (nSPS) is 18.7. The molecule has 1 aliphatic heterocycles. The van der Waals surface area contributed by atoms with E-state index in [1.807, 2.05) is 32.0 Å². The molecule has 1 saturated heterocycles. The molecule has 1 aromatic rings. The lowest BCUT2D eigenvalue weighted by atomic mass is 10.0. The van der Waals surface area contributed by atoms with Crippen molar-refractivity contribution >= 4 is 10.0 Å². The number of hydrogen-bond donors (Lipinski definition) is 2. The van der Waals surface area contributed by atoms with Crippen LogP contribution in [0.4, 0.5) is 0 Å². The zero-order valence-corrected chi connectivity index (χ0v) is 15.0. The number of rotatable bonds is 7. The molecule has 5 nitrogen and oxygen atoms in total. The van der Waals surface area contributed by atoms with Crippen molar-refractivity contribution in [1.82, 2.24) is 10.0 Å². The SMILES string of the molecule is C[C@H](NC(C)(C)CNS(=O)(=O)C1CCOCC1)c1ccccc1. The third-order valence-electron chi connectivity index (χ3n) is 4.23. The lowest BCUT2D eigenvalue weighted by Gasteiger charge is -2.32. The Morgan fingerprint density at radius 2 is 1.83 bits per heavy atom. The van der Waals surface area contributed by atoms with Gasteiger partial charge in [0.25, 0.3) is 0 Å². The van der Waals surface area contributed by atoms with E-state index in [0.717, 1.165) is 0 Å². The van der Waals surface area contributed by atoms with Gasteiger partial charge in [-0.1, -0.05) is 30.3 Å². The zero-order valence-electron chi connectivity index (χ0n) is 14.2. The molecule has 1 aliphatic rings. The lowest BCUT2D eigenvalue weighted by Crippen LogP contribution is -2.51. The smallest absolute Gasteiger partial charge is 0.214 e. The first-order valence-corrected chi connectivity index (χ1v) is 9.74. The largest absolute Gasteiger partial charge is 0.381 e. The number of ether oxygens (including phenoxy) is 1. The van der Waals surface area contributed by atoms with Crippen LogP contribution in [0.15, 0.2) is 30.3 Å². The Morgan fingerprint density at radius 3 is 2.43 bits per heavy atom. The zero-order chi connectivity index (χ0) is 16.9. The van der Waals surface area contributed by atoms with Gasteiger partial charge in [0.2, 0.25) is 10.0 Å². The number of nitrogens with one attached hydrogen (secondary N) is 2. The predicted octanol–water partition coefficient (Wildman–Crippen LogP) is 2.21. The van der Waals surface area contributed by atoms with Crippen molar-refractivity contribution in [3.8, 4) is 0 Å². The van der Waals surface area contributed by atoms with E-state index < -0.39 is 10.0 Å². The second-order valence-corrected chi connectivity index (χ2v) is 8.88. The molecule has 1 fully saturated rings. The van der Waals surface area contributed by atoms with Crippen molar-refractivity contribution < 1.29 is 13.2 Å². The molecule has 1 aromatic carbocycles. The first-order valence-electron chi connectivity index (χ1n) is 8.19. The highest BCUT2D eigenvalue weighted by Gasteiger charge is 2.30. The van der Waals surface area contributed by atoms with E-state index in [4.69, 9.17) is 4.74 Å². The van der Waals surface area contributed by atoms with Gasteiger partial charge in [-0.15, -0.1) is 0 Å². The van der Waals surface area contributed by atoms with Gasteiger partial charge >= 0.3 is 0 Å². The number of sulfonamides is 1. The molecule has 130 valence electrons. The minimum Gasteiger partial charge on any atom is -0.381 e. The van der Waals surface area contributed by atoms with Crippen LogP contribution in [-0.2, 0) is 14.8 Å². The van der Waals surface area contributed by atoms with Gasteiger partial charge in [0.05, 0.1) is 5.25 Å². The summed E-state index contributed by atoms with van der Waals surface area (Å²) < 4.78 is 32.8. The molecule has 0 saturated carbocycles. The Labute approximate surface area is 139 Å². The third-order valence-corrected chi connectivity index (χ3v) is 6.13. The minimum absolute atomic E-state index is 0.152. The van der Waals surface area contributed by atoms with Crippen LogP contribution in [0, 0.1) is 0 Å². The molecule has 6 heteroatoms. The van der Waals surface area contributed by atoms with Gasteiger partial charge in [0, 0.05) is 31.3 Å². The highest BCUT2D eigenvalue weighted by atomic mass is 32.2. The summed E-state index contributed by atoms with van der Waals surface area (Å²) in [6.45, 7) is 7.53. The van der Waals surface area contributed by atoms with E-state index in [1.54, 1.807) is 0 Å². The van der Waals surface area contributed by atoms with Crippen molar-refractivity contribution in [1.29, 1.82) is 0 Å². The van der Waals surface area contributed by atoms with E-state index in [9.17, 15) is 8.42 Å². The Bertz CT molecular complexity index is 581. The van der Waals surface area contributed by atoms with E-state index in [1.165, 1.54) is 5.56 Å². The van der Waals surface area contributed by atoms with E-state index in [-0.39, 0.29) is 16.8 Å². The van der Waals surface area contributed by atoms with Crippen LogP contribution in [0.5, 0.6) is 0 Å². The van der Waals surface area contributed by atoms with Gasteiger partial charge in [-0.2, -0.15) is 0 Å². The van der Waals surface area contributed by atoms with Gasteiger partial charge in [0.1, 0.15) is 0 Å². The van der Waals surface area contributed by atoms with E-state index in [0.29, 0.717) is 32.6 Å². The maximum atomic E-state index is 12.4. The molecule has 2 N–H and O–H groups in total. The maximum Gasteiger partial charge on any atom is 0.214 e. The average Bonchev–Trinajstić information content (AvgIpc) is 2.54. The van der Waals surface area contributed by atoms with Crippen molar-refractivity contribution in [2.24, 2.45) is 0 Å². The Kier molecular flexibility index (Phi) is 6.19. The second kappa shape index (κ2) is 7.75. The van der Waals surface area contributed by atoms with Crippen LogP contribution in [0.25, 0.3) is 0 Å². The van der Waals surface area contributed by atoms with Crippen LogP contribution in [0.1, 0.15) is 45.2 Å². The van der Waals surface area contributed by atoms with Crippen LogP contribution >= 0.6 is 0 Å². The molecule has 0 spiro atoms. The Morgan fingerprint density at radius 1 is 1.22 bits per heavy atom. The van der Waals surface area contributed by atoms with Crippen LogP contribution in [0.3, 0.4) is 0 Å². The third kappa shape index (κ3) is 5.57. The highest BCUT2D eigenvalue weighted by molar-refractivity contribution is 7.90. The summed E-state index contributed by atoms with van der Waals surface area (Å²) in [6.07, 6.45) is 1.15. The maximum absolute atomic E-state index is 12.4. The standard InChI is InChI=1S/C17H28N2O3S/c1-14(15-7-5-4-6-8-15)19-17(2,3)13-18-23(20,21)16-9-11-22-12-10-16/h4-8,14,16,18-19H,9-13H2,1-3H3/t14-/m0/s1. The summed E-state index contributed by atoms with van der Waals surface area (Å²) in [5, 5.41) is 3.16. The fraction of sp³-hybridized carbons (Fsp3) is 0.647. The predicted molar refractivity (Wildman–Crippen MR) is 92.8 cm³/mol. The van der Waals surface area contributed by atoms with Gasteiger partial charge in [0.15, 0.2) is 0 Å². The molecule has 0 amide bonds. The summed E-state index contributed by atoms with van der Waals surface area (Å²) in [5.74, 6) is 0. The molecule has 23 heavy (non-hydrogen) atoms. The fourth-order valence-corrected chi connectivity index (χ4v) is 4.46. The number of benzene rings is 1. The molecule has 0 aromatic heterocycles. The van der Waals surface area contributed by atoms with Gasteiger partial charge in [-0.25, -0.2) is 13.1 Å². The summed E-state index contributed by atoms with van der Waals surface area (Å²) in [7, 11) is -3.29. The van der Waals surface area contributed by atoms with Gasteiger partial charge in [-0.3, -0.25) is 0 Å². The topological polar surface area (TPSA) is 67.4 Å². The van der Waals surface area contributed by atoms with Crippen molar-refractivity contribution in [2.45, 2.75) is 50.4 Å². The summed E-state index contributed by atoms with van der Waals surface area (Å²) >= 11 is 0. The van der Waals surface area contributed by atoms with E-state index >= 15 is 0 Å². The lowest BCUT2D eigenvalue weighted by molar-refractivity contribution is 0.0981. The fourth-order valence-electron chi connectivity index (χ4n) is 2.85. The molecule has 0 unspecified atom stereocenters. The Hall–Kier alpha value is -0.950. The summed E-state index contributed by atoms with van der Waals surface area (Å²) in [4.78, 5) is 0. The van der Waals surface area contributed by atoms with Crippen molar-refractivity contribution in [3.63, 3.8) is 0 Å². The molecule has 1 heterocycles. The molecular weight excluding hydrogens is 312 g/mol. The number of hydrogen-bond acceptors (Lipinski definition) is 4. The van der Waals surface area contributed by atoms with Crippen molar-refractivity contribution in [3.05, 3.63) is 35.9 Å². The van der Waals surface area contributed by atoms with Crippen LogP contribution in [0.2, 0.25) is 0 Å². The van der Waals surface area contributed by atoms with Crippen LogP contribution in [-0.4, -0.2) is 39.0 Å². The molecule has 0 aliphatic carbocycles. The van der Waals surface area contributed by atoms with Gasteiger partial charge in [-0.05, 0) is 39.2 Å². The molecule has 0 bridgehead atoms. The second-order valence-electron chi connectivity index (χ2n) is 6.84. The first-order chi connectivity index (χ1) is 10.8. The average molecular weight is 340 g/mol. The Balaban J connectivity index is 1.90. The first kappa shape index (κ1) is 18.4. The molecular formula is C17H28N2O3S. The monoisotopic (exact) mass is 340 g/mol. The highest BCUT2D eigenvalue weighted by Crippen LogP contribution is 2.18.